The third-order valence-corrected chi connectivity index (χ3v) is 4.34. The maximum atomic E-state index is 2.99. The standard InChI is InChI=1S/C10H15.C5H5.2ClH.Ti/c1-7-2-9-4-8(1)5-10(3-7)6-9;1-2-4-5-3-1;;;/h1,7-10H,2-6H2;1-3H,4H2;2*1H;/q2*-1;;;+2. The van der Waals surface area contributed by atoms with Gasteiger partial charge in [0.15, 0.2) is 0 Å². The van der Waals surface area contributed by atoms with Crippen molar-refractivity contribution in [1.82, 2.24) is 0 Å². The quantitative estimate of drug-likeness (QED) is 0.444. The Bertz CT molecular complexity index is 220. The number of halogens is 2. The summed E-state index contributed by atoms with van der Waals surface area (Å²) in [5.41, 5.74) is 0. The van der Waals surface area contributed by atoms with Crippen LogP contribution in [0.15, 0.2) is 18.2 Å². The van der Waals surface area contributed by atoms with Gasteiger partial charge in [-0.25, -0.2) is 12.2 Å². The predicted octanol–water partition coefficient (Wildman–Crippen LogP) is 4.79. The molecule has 0 radical (unpaired) electrons. The van der Waals surface area contributed by atoms with Gasteiger partial charge in [0, 0.05) is 0 Å². The zero-order chi connectivity index (χ0) is 10.1. The summed E-state index contributed by atoms with van der Waals surface area (Å²) in [7, 11) is 0. The normalized spacial score (nSPS) is 36.9. The van der Waals surface area contributed by atoms with Crippen LogP contribution >= 0.6 is 24.8 Å². The van der Waals surface area contributed by atoms with Gasteiger partial charge in [0.25, 0.3) is 0 Å². The van der Waals surface area contributed by atoms with Gasteiger partial charge in [0.1, 0.15) is 0 Å². The van der Waals surface area contributed by atoms with Crippen LogP contribution < -0.4 is 0 Å². The molecule has 0 aliphatic heterocycles. The molecule has 0 aromatic carbocycles. The largest absolute Gasteiger partial charge is 2.00 e. The van der Waals surface area contributed by atoms with Gasteiger partial charge in [0.2, 0.25) is 0 Å². The van der Waals surface area contributed by atoms with Crippen LogP contribution in [0, 0.1) is 36.2 Å². The minimum atomic E-state index is 0. The van der Waals surface area contributed by atoms with Crippen LogP contribution in [-0.2, 0) is 21.7 Å². The van der Waals surface area contributed by atoms with Crippen molar-refractivity contribution >= 4 is 24.8 Å². The van der Waals surface area contributed by atoms with Crippen LogP contribution in [0.4, 0.5) is 0 Å². The van der Waals surface area contributed by atoms with Crippen LogP contribution in [-0.4, -0.2) is 0 Å². The number of hydrogen-bond acceptors (Lipinski definition) is 0. The fourth-order valence-corrected chi connectivity index (χ4v) is 3.99. The van der Waals surface area contributed by atoms with E-state index in [1.54, 1.807) is 32.1 Å². The SMILES string of the molecule is Cl.Cl.[C-]1=CC=CC1.[CH-]1C2CC3CC1CC(C2)C3.[Ti+2]. The minimum Gasteiger partial charge on any atom is -0.322 e. The van der Waals surface area contributed by atoms with Crippen molar-refractivity contribution in [2.45, 2.75) is 38.5 Å². The Morgan fingerprint density at radius 1 is 0.889 bits per heavy atom. The first-order valence-electron chi connectivity index (χ1n) is 6.47. The molecule has 4 fully saturated rings. The van der Waals surface area contributed by atoms with Crippen molar-refractivity contribution in [3.05, 3.63) is 30.7 Å². The molecule has 0 spiro atoms. The summed E-state index contributed by atoms with van der Waals surface area (Å²) in [6, 6.07) is 0. The molecule has 18 heavy (non-hydrogen) atoms. The molecule has 0 aromatic rings. The second-order valence-electron chi connectivity index (χ2n) is 5.63. The van der Waals surface area contributed by atoms with Gasteiger partial charge in [-0.05, 0) is 18.3 Å². The maximum absolute atomic E-state index is 2.99. The molecule has 5 aliphatic carbocycles. The summed E-state index contributed by atoms with van der Waals surface area (Å²) in [4.78, 5) is 0. The summed E-state index contributed by atoms with van der Waals surface area (Å²) in [6.45, 7) is 0. The molecule has 0 atom stereocenters. The molecule has 4 saturated carbocycles. The summed E-state index contributed by atoms with van der Waals surface area (Å²) >= 11 is 0. The Hall–Kier alpha value is 0.774. The summed E-state index contributed by atoms with van der Waals surface area (Å²) < 4.78 is 0. The van der Waals surface area contributed by atoms with E-state index in [4.69, 9.17) is 0 Å². The predicted molar refractivity (Wildman–Crippen MR) is 77.4 cm³/mol. The smallest absolute Gasteiger partial charge is 0.322 e. The number of hydrogen-bond donors (Lipinski definition) is 0. The molecule has 0 amide bonds. The Morgan fingerprint density at radius 2 is 1.44 bits per heavy atom. The molecular weight excluding hydrogens is 299 g/mol. The summed E-state index contributed by atoms with van der Waals surface area (Å²) in [6.07, 6.45) is 20.4. The molecule has 4 bridgehead atoms. The summed E-state index contributed by atoms with van der Waals surface area (Å²) in [5.74, 6) is 4.40. The molecular formula is C15H22Cl2Ti. The molecule has 5 rings (SSSR count). The van der Waals surface area contributed by atoms with Crippen LogP contribution in [0.25, 0.3) is 0 Å². The average Bonchev–Trinajstić information content (AvgIpc) is 2.72. The van der Waals surface area contributed by atoms with E-state index in [1.807, 2.05) is 12.2 Å². The zero-order valence-electron chi connectivity index (χ0n) is 10.7. The second kappa shape index (κ2) is 8.85. The average molecular weight is 321 g/mol. The minimum absolute atomic E-state index is 0. The van der Waals surface area contributed by atoms with Gasteiger partial charge in [0.05, 0.1) is 0 Å². The van der Waals surface area contributed by atoms with E-state index in [0.29, 0.717) is 0 Å². The van der Waals surface area contributed by atoms with E-state index in [1.165, 1.54) is 0 Å². The topological polar surface area (TPSA) is 0 Å². The van der Waals surface area contributed by atoms with Crippen LogP contribution in [0.2, 0.25) is 0 Å². The van der Waals surface area contributed by atoms with Gasteiger partial charge in [-0.15, -0.1) is 31.2 Å². The van der Waals surface area contributed by atoms with Crippen molar-refractivity contribution in [3.8, 4) is 0 Å². The second-order valence-corrected chi connectivity index (χ2v) is 5.63. The Morgan fingerprint density at radius 3 is 1.72 bits per heavy atom. The van der Waals surface area contributed by atoms with E-state index in [-0.39, 0.29) is 46.5 Å². The van der Waals surface area contributed by atoms with Crippen molar-refractivity contribution in [1.29, 1.82) is 0 Å². The fraction of sp³-hybridized carbons (Fsp3) is 0.667. The molecule has 0 N–H and O–H groups in total. The maximum Gasteiger partial charge on any atom is 2.00 e. The first kappa shape index (κ1) is 18.8. The van der Waals surface area contributed by atoms with Gasteiger partial charge in [-0.2, -0.15) is 17.9 Å². The van der Waals surface area contributed by atoms with Gasteiger partial charge < -0.3 is 6.42 Å². The van der Waals surface area contributed by atoms with Crippen LogP contribution in [0.1, 0.15) is 38.5 Å². The van der Waals surface area contributed by atoms with Crippen LogP contribution in [0.5, 0.6) is 0 Å². The van der Waals surface area contributed by atoms with Crippen molar-refractivity contribution < 1.29 is 21.7 Å². The van der Waals surface area contributed by atoms with Crippen molar-refractivity contribution in [3.63, 3.8) is 0 Å². The van der Waals surface area contributed by atoms with Crippen molar-refractivity contribution in [2.24, 2.45) is 23.7 Å². The monoisotopic (exact) mass is 320 g/mol. The molecule has 0 saturated heterocycles. The fourth-order valence-electron chi connectivity index (χ4n) is 3.99. The number of allylic oxidation sites excluding steroid dienone is 4. The van der Waals surface area contributed by atoms with Crippen LogP contribution in [0.3, 0.4) is 0 Å². The first-order chi connectivity index (χ1) is 7.40. The Kier molecular flexibility index (Phi) is 9.23. The van der Waals surface area contributed by atoms with E-state index >= 15 is 0 Å². The van der Waals surface area contributed by atoms with Gasteiger partial charge in [-0.1, -0.05) is 25.7 Å². The third-order valence-electron chi connectivity index (χ3n) is 4.34. The molecule has 5 aliphatic rings. The van der Waals surface area contributed by atoms with Gasteiger partial charge in [-0.3, -0.25) is 6.08 Å². The van der Waals surface area contributed by atoms with E-state index < -0.39 is 0 Å². The molecule has 0 aromatic heterocycles. The molecule has 0 heterocycles. The van der Waals surface area contributed by atoms with E-state index in [0.717, 1.165) is 30.1 Å². The zero-order valence-corrected chi connectivity index (χ0v) is 13.9. The Balaban J connectivity index is 0.000000320. The molecule has 0 unspecified atom stereocenters. The molecule has 0 nitrogen and oxygen atoms in total. The molecule has 3 heteroatoms. The first-order valence-corrected chi connectivity index (χ1v) is 6.47. The van der Waals surface area contributed by atoms with Crippen molar-refractivity contribution in [2.75, 3.05) is 0 Å². The van der Waals surface area contributed by atoms with Gasteiger partial charge >= 0.3 is 21.7 Å². The number of rotatable bonds is 0. The van der Waals surface area contributed by atoms with E-state index in [2.05, 4.69) is 18.6 Å². The summed E-state index contributed by atoms with van der Waals surface area (Å²) in [5, 5.41) is 0. The third kappa shape index (κ3) is 4.71. The van der Waals surface area contributed by atoms with E-state index in [9.17, 15) is 0 Å². The molecule has 100 valence electrons. The Labute approximate surface area is 139 Å².